The molecule has 30 heavy (non-hydrogen) atoms. The number of nitrogens with zero attached hydrogens (tertiary/aromatic N) is 3. The highest BCUT2D eigenvalue weighted by Crippen LogP contribution is 2.24. The van der Waals surface area contributed by atoms with E-state index in [1.54, 1.807) is 37.2 Å². The summed E-state index contributed by atoms with van der Waals surface area (Å²) < 4.78 is 41.2. The summed E-state index contributed by atoms with van der Waals surface area (Å²) in [6.07, 6.45) is 1.72. The molecule has 0 bridgehead atoms. The molecule has 0 saturated heterocycles. The van der Waals surface area contributed by atoms with Crippen LogP contribution < -0.4 is 14.3 Å². The molecule has 6 nitrogen and oxygen atoms in total. The fourth-order valence-corrected chi connectivity index (χ4v) is 3.44. The summed E-state index contributed by atoms with van der Waals surface area (Å²) in [6.45, 7) is -1.87. The molecular formula is C21H21F2N3O3S. The highest BCUT2D eigenvalue weighted by Gasteiger charge is 2.09. The number of rotatable bonds is 9. The number of hydrogen-bond donors (Lipinski definition) is 0. The van der Waals surface area contributed by atoms with Crippen LogP contribution in [0.15, 0.2) is 64.0 Å². The van der Waals surface area contributed by atoms with E-state index < -0.39 is 6.61 Å². The lowest BCUT2D eigenvalue weighted by Crippen LogP contribution is -2.13. The van der Waals surface area contributed by atoms with E-state index in [0.29, 0.717) is 18.0 Å². The Morgan fingerprint density at radius 2 is 1.73 bits per heavy atom. The van der Waals surface area contributed by atoms with Crippen molar-refractivity contribution in [2.75, 3.05) is 27.4 Å². The van der Waals surface area contributed by atoms with Gasteiger partial charge in [0.1, 0.15) is 11.5 Å². The van der Waals surface area contributed by atoms with Gasteiger partial charge in [0.05, 0.1) is 32.2 Å². The monoisotopic (exact) mass is 433 g/mol. The van der Waals surface area contributed by atoms with Crippen LogP contribution in [0, 0.1) is 0 Å². The first-order valence-electron chi connectivity index (χ1n) is 9.04. The van der Waals surface area contributed by atoms with Crippen molar-refractivity contribution in [3.8, 4) is 22.8 Å². The number of aromatic nitrogens is 1. The number of halogens is 2. The maximum Gasteiger partial charge on any atom is 0.387 e. The maximum absolute atomic E-state index is 12.4. The third-order valence-electron chi connectivity index (χ3n) is 4.04. The molecule has 9 heteroatoms. The van der Waals surface area contributed by atoms with Crippen LogP contribution >= 0.6 is 11.3 Å². The standard InChI is InChI=1S/C21H21F2N3O3S/c1-27-12-11-24-21-26(25-13-15-3-7-17(28-2)8-4-15)19(14-30-21)16-5-9-18(10-6-16)29-20(22)23/h3-10,13-14,20H,11-12H2,1-2H3/b24-21?,25-13-. The van der Waals surface area contributed by atoms with Crippen LogP contribution in [0.3, 0.4) is 0 Å². The van der Waals surface area contributed by atoms with Gasteiger partial charge in [0.2, 0.25) is 4.80 Å². The third-order valence-corrected chi connectivity index (χ3v) is 4.90. The fourth-order valence-electron chi connectivity index (χ4n) is 2.57. The van der Waals surface area contributed by atoms with E-state index in [4.69, 9.17) is 9.47 Å². The van der Waals surface area contributed by atoms with Crippen molar-refractivity contribution < 1.29 is 23.0 Å². The van der Waals surface area contributed by atoms with Crippen molar-refractivity contribution in [2.45, 2.75) is 6.61 Å². The Morgan fingerprint density at radius 3 is 2.37 bits per heavy atom. The molecule has 0 unspecified atom stereocenters. The molecule has 0 N–H and O–H groups in total. The van der Waals surface area contributed by atoms with Crippen LogP contribution in [0.25, 0.3) is 11.3 Å². The summed E-state index contributed by atoms with van der Waals surface area (Å²) in [6, 6.07) is 13.9. The van der Waals surface area contributed by atoms with Gasteiger partial charge in [-0.25, -0.2) is 4.68 Å². The number of ether oxygens (including phenoxy) is 3. The Hall–Kier alpha value is -3.04. The van der Waals surface area contributed by atoms with E-state index in [1.165, 1.54) is 23.5 Å². The number of hydrogen-bond acceptors (Lipinski definition) is 6. The highest BCUT2D eigenvalue weighted by atomic mass is 32.1. The molecule has 0 radical (unpaired) electrons. The molecule has 0 fully saturated rings. The summed E-state index contributed by atoms with van der Waals surface area (Å²) in [4.78, 5) is 5.23. The summed E-state index contributed by atoms with van der Waals surface area (Å²) in [7, 11) is 3.23. The van der Waals surface area contributed by atoms with Crippen molar-refractivity contribution in [3.63, 3.8) is 0 Å². The number of alkyl halides is 2. The smallest absolute Gasteiger partial charge is 0.387 e. The van der Waals surface area contributed by atoms with Crippen LogP contribution in [0.4, 0.5) is 8.78 Å². The van der Waals surface area contributed by atoms with E-state index in [0.717, 1.165) is 22.6 Å². The van der Waals surface area contributed by atoms with Gasteiger partial charge in [-0.05, 0) is 54.1 Å². The average Bonchev–Trinajstić information content (AvgIpc) is 3.15. The lowest BCUT2D eigenvalue weighted by molar-refractivity contribution is -0.0498. The van der Waals surface area contributed by atoms with Gasteiger partial charge in [-0.1, -0.05) is 0 Å². The molecule has 1 heterocycles. The highest BCUT2D eigenvalue weighted by molar-refractivity contribution is 7.07. The Bertz CT molecular complexity index is 1030. The van der Waals surface area contributed by atoms with E-state index in [9.17, 15) is 8.78 Å². The van der Waals surface area contributed by atoms with Crippen LogP contribution in [-0.4, -0.2) is 44.9 Å². The van der Waals surface area contributed by atoms with Gasteiger partial charge in [0.15, 0.2) is 0 Å². The number of methoxy groups -OCH3 is 2. The van der Waals surface area contributed by atoms with Crippen LogP contribution in [0.2, 0.25) is 0 Å². The summed E-state index contributed by atoms with van der Waals surface area (Å²) in [5.41, 5.74) is 2.47. The van der Waals surface area contributed by atoms with Crippen LogP contribution in [0.5, 0.6) is 11.5 Å². The second kappa shape index (κ2) is 10.7. The molecule has 2 aromatic carbocycles. The largest absolute Gasteiger partial charge is 0.497 e. The lowest BCUT2D eigenvalue weighted by Gasteiger charge is -2.07. The Balaban J connectivity index is 1.94. The van der Waals surface area contributed by atoms with Gasteiger partial charge in [-0.3, -0.25) is 4.99 Å². The predicted octanol–water partition coefficient (Wildman–Crippen LogP) is 4.26. The zero-order chi connectivity index (χ0) is 21.3. The zero-order valence-corrected chi connectivity index (χ0v) is 17.3. The zero-order valence-electron chi connectivity index (χ0n) is 16.5. The Labute approximate surface area is 176 Å². The second-order valence-corrected chi connectivity index (χ2v) is 6.85. The Morgan fingerprint density at radius 1 is 1.03 bits per heavy atom. The molecule has 0 spiro atoms. The molecule has 3 aromatic rings. The lowest BCUT2D eigenvalue weighted by atomic mass is 10.2. The number of benzene rings is 2. The fraction of sp³-hybridized carbons (Fsp3) is 0.238. The van der Waals surface area contributed by atoms with Gasteiger partial charge >= 0.3 is 6.61 Å². The molecule has 0 atom stereocenters. The molecule has 1 aromatic heterocycles. The van der Waals surface area contributed by atoms with E-state index in [-0.39, 0.29) is 5.75 Å². The van der Waals surface area contributed by atoms with Gasteiger partial charge in [0, 0.05) is 18.1 Å². The molecule has 0 aliphatic carbocycles. The first-order chi connectivity index (χ1) is 14.6. The van der Waals surface area contributed by atoms with Crippen LogP contribution in [0.1, 0.15) is 5.56 Å². The SMILES string of the molecule is COCCN=c1scc(-c2ccc(OC(F)F)cc2)n1/N=C\c1ccc(OC)cc1. The molecular weight excluding hydrogens is 412 g/mol. The summed E-state index contributed by atoms with van der Waals surface area (Å²) in [5, 5.41) is 6.51. The van der Waals surface area contributed by atoms with Gasteiger partial charge in [-0.15, -0.1) is 11.3 Å². The first kappa shape index (κ1) is 21.7. The molecule has 0 saturated carbocycles. The minimum absolute atomic E-state index is 0.0993. The topological polar surface area (TPSA) is 57.3 Å². The molecule has 0 aliphatic rings. The van der Waals surface area contributed by atoms with Crippen molar-refractivity contribution in [1.82, 2.24) is 4.68 Å². The predicted molar refractivity (Wildman–Crippen MR) is 113 cm³/mol. The molecule has 158 valence electrons. The average molecular weight is 433 g/mol. The summed E-state index contributed by atoms with van der Waals surface area (Å²) >= 11 is 1.43. The minimum Gasteiger partial charge on any atom is -0.497 e. The Kier molecular flexibility index (Phi) is 7.69. The molecule has 3 rings (SSSR count). The molecule has 0 amide bonds. The van der Waals surface area contributed by atoms with Gasteiger partial charge in [0.25, 0.3) is 0 Å². The summed E-state index contributed by atoms with van der Waals surface area (Å²) in [5.74, 6) is 0.861. The minimum atomic E-state index is -2.86. The first-order valence-corrected chi connectivity index (χ1v) is 9.92. The quantitative estimate of drug-likeness (QED) is 0.374. The maximum atomic E-state index is 12.4. The third kappa shape index (κ3) is 5.74. The van der Waals surface area contributed by atoms with E-state index >= 15 is 0 Å². The second-order valence-electron chi connectivity index (χ2n) is 6.01. The van der Waals surface area contributed by atoms with Gasteiger partial charge in [-0.2, -0.15) is 13.9 Å². The van der Waals surface area contributed by atoms with E-state index in [1.807, 2.05) is 29.6 Å². The van der Waals surface area contributed by atoms with E-state index in [2.05, 4.69) is 14.8 Å². The van der Waals surface area contributed by atoms with Crippen LogP contribution in [-0.2, 0) is 4.74 Å². The number of thiazole rings is 1. The normalized spacial score (nSPS) is 12.1. The van der Waals surface area contributed by atoms with Crippen molar-refractivity contribution in [1.29, 1.82) is 0 Å². The van der Waals surface area contributed by atoms with Crippen molar-refractivity contribution in [3.05, 3.63) is 64.3 Å². The van der Waals surface area contributed by atoms with Crippen molar-refractivity contribution >= 4 is 17.6 Å². The van der Waals surface area contributed by atoms with Gasteiger partial charge < -0.3 is 14.2 Å². The van der Waals surface area contributed by atoms with Crippen molar-refractivity contribution in [2.24, 2.45) is 10.1 Å². The molecule has 0 aliphatic heterocycles.